The second kappa shape index (κ2) is 6.64. The first-order chi connectivity index (χ1) is 9.11. The molecule has 0 spiro atoms. The van der Waals surface area contributed by atoms with Gasteiger partial charge in [0.25, 0.3) is 0 Å². The summed E-state index contributed by atoms with van der Waals surface area (Å²) in [6, 6.07) is 8.32. The van der Waals surface area contributed by atoms with Crippen LogP contribution in [0.4, 0.5) is 0 Å². The number of nitrogens with one attached hydrogen (secondary N) is 1. The van der Waals surface area contributed by atoms with E-state index in [0.717, 1.165) is 16.7 Å². The van der Waals surface area contributed by atoms with Gasteiger partial charge in [-0.15, -0.1) is 11.3 Å². The molecule has 0 amide bonds. The van der Waals surface area contributed by atoms with Crippen LogP contribution in [-0.4, -0.2) is 18.6 Å². The molecular weight excluding hydrogens is 320 g/mol. The van der Waals surface area contributed by atoms with Crippen LogP contribution in [0, 0.1) is 5.92 Å². The molecule has 2 rings (SSSR count). The Morgan fingerprint density at radius 2 is 1.95 bits per heavy atom. The quantitative estimate of drug-likeness (QED) is 0.866. The first-order valence-electron chi connectivity index (χ1n) is 6.47. The summed E-state index contributed by atoms with van der Waals surface area (Å²) in [5, 5.41) is 6.65. The van der Waals surface area contributed by atoms with Crippen LogP contribution >= 0.6 is 27.3 Å². The largest absolute Gasteiger partial charge is 0.319 e. The third-order valence-electron chi connectivity index (χ3n) is 3.21. The molecule has 1 heterocycles. The molecule has 19 heavy (non-hydrogen) atoms. The number of aromatic nitrogens is 1. The normalized spacial score (nSPS) is 12.9. The summed E-state index contributed by atoms with van der Waals surface area (Å²) in [5.41, 5.74) is 2.26. The van der Waals surface area contributed by atoms with Gasteiger partial charge in [0.15, 0.2) is 0 Å². The molecule has 0 fully saturated rings. The first kappa shape index (κ1) is 14.7. The number of thiazole rings is 1. The average Bonchev–Trinajstić information content (AvgIpc) is 2.85. The smallest absolute Gasteiger partial charge is 0.0978 e. The van der Waals surface area contributed by atoms with Gasteiger partial charge in [-0.3, -0.25) is 0 Å². The zero-order valence-corrected chi connectivity index (χ0v) is 13.9. The van der Waals surface area contributed by atoms with Gasteiger partial charge in [0.1, 0.15) is 0 Å². The maximum absolute atomic E-state index is 4.81. The van der Waals surface area contributed by atoms with Gasteiger partial charge in [0.2, 0.25) is 0 Å². The van der Waals surface area contributed by atoms with Crippen molar-refractivity contribution in [3.63, 3.8) is 0 Å². The zero-order chi connectivity index (χ0) is 13.8. The third-order valence-corrected chi connectivity index (χ3v) is 4.71. The van der Waals surface area contributed by atoms with E-state index in [1.165, 1.54) is 10.6 Å². The number of likely N-dealkylation sites (N-methyl/N-ethyl adjacent to an activating group) is 1. The fraction of sp³-hybridized carbons (Fsp3) is 0.400. The van der Waals surface area contributed by atoms with Crippen molar-refractivity contribution in [3.8, 4) is 11.3 Å². The van der Waals surface area contributed by atoms with Crippen LogP contribution in [0.2, 0.25) is 0 Å². The van der Waals surface area contributed by atoms with Crippen molar-refractivity contribution in [2.45, 2.75) is 19.8 Å². The van der Waals surface area contributed by atoms with E-state index in [1.54, 1.807) is 11.3 Å². The van der Waals surface area contributed by atoms with Gasteiger partial charge < -0.3 is 5.32 Å². The molecule has 0 saturated carbocycles. The molecule has 1 unspecified atom stereocenters. The van der Waals surface area contributed by atoms with E-state index in [4.69, 9.17) is 4.98 Å². The number of hydrogen-bond acceptors (Lipinski definition) is 3. The van der Waals surface area contributed by atoms with Crippen LogP contribution in [-0.2, 0) is 0 Å². The minimum atomic E-state index is 0.485. The highest BCUT2D eigenvalue weighted by molar-refractivity contribution is 9.10. The van der Waals surface area contributed by atoms with E-state index in [0.29, 0.717) is 11.8 Å². The highest BCUT2D eigenvalue weighted by Crippen LogP contribution is 2.30. The molecule has 1 atom stereocenters. The minimum Gasteiger partial charge on any atom is -0.319 e. The van der Waals surface area contributed by atoms with Crippen LogP contribution in [0.25, 0.3) is 11.3 Å². The lowest BCUT2D eigenvalue weighted by molar-refractivity contribution is 0.477. The van der Waals surface area contributed by atoms with Crippen molar-refractivity contribution in [1.82, 2.24) is 10.3 Å². The molecule has 1 aromatic heterocycles. The Kier molecular flexibility index (Phi) is 5.13. The summed E-state index contributed by atoms with van der Waals surface area (Å²) in [6.07, 6.45) is 0. The number of halogens is 1. The van der Waals surface area contributed by atoms with Gasteiger partial charge in [-0.1, -0.05) is 41.9 Å². The second-order valence-corrected chi connectivity index (χ2v) is 6.79. The van der Waals surface area contributed by atoms with Crippen molar-refractivity contribution < 1.29 is 0 Å². The number of nitrogens with zero attached hydrogens (tertiary/aromatic N) is 1. The van der Waals surface area contributed by atoms with Gasteiger partial charge in [0, 0.05) is 27.9 Å². The lowest BCUT2D eigenvalue weighted by atomic mass is 9.96. The number of hydrogen-bond donors (Lipinski definition) is 1. The van der Waals surface area contributed by atoms with Crippen LogP contribution in [0.1, 0.15) is 24.8 Å². The van der Waals surface area contributed by atoms with Crippen molar-refractivity contribution >= 4 is 27.3 Å². The minimum absolute atomic E-state index is 0.485. The van der Waals surface area contributed by atoms with Crippen molar-refractivity contribution in [2.75, 3.05) is 13.6 Å². The summed E-state index contributed by atoms with van der Waals surface area (Å²) in [5.74, 6) is 1.08. The van der Waals surface area contributed by atoms with Crippen molar-refractivity contribution in [3.05, 3.63) is 39.1 Å². The SMILES string of the molecule is CNCC(c1nc(-c2ccc(Br)cc2)cs1)C(C)C. The molecule has 0 aliphatic rings. The van der Waals surface area contributed by atoms with E-state index in [1.807, 2.05) is 7.05 Å². The molecular formula is C15H19BrN2S. The Morgan fingerprint density at radius 3 is 2.53 bits per heavy atom. The predicted molar refractivity (Wildman–Crippen MR) is 86.8 cm³/mol. The van der Waals surface area contributed by atoms with E-state index in [9.17, 15) is 0 Å². The van der Waals surface area contributed by atoms with E-state index < -0.39 is 0 Å². The van der Waals surface area contributed by atoms with Gasteiger partial charge in [-0.05, 0) is 25.1 Å². The Labute approximate surface area is 127 Å². The standard InChI is InChI=1S/C15H19BrN2S/c1-10(2)13(8-17-3)15-18-14(9-19-15)11-4-6-12(16)7-5-11/h4-7,9-10,13,17H,8H2,1-3H3. The van der Waals surface area contributed by atoms with Crippen LogP contribution in [0.5, 0.6) is 0 Å². The zero-order valence-electron chi connectivity index (χ0n) is 11.5. The molecule has 2 nitrogen and oxygen atoms in total. The molecule has 1 N–H and O–H groups in total. The molecule has 102 valence electrons. The maximum atomic E-state index is 4.81. The molecule has 4 heteroatoms. The molecule has 0 saturated heterocycles. The Morgan fingerprint density at radius 1 is 1.26 bits per heavy atom. The van der Waals surface area contributed by atoms with Gasteiger partial charge >= 0.3 is 0 Å². The van der Waals surface area contributed by atoms with Gasteiger partial charge in [0.05, 0.1) is 10.7 Å². The van der Waals surface area contributed by atoms with E-state index in [2.05, 4.69) is 64.7 Å². The summed E-state index contributed by atoms with van der Waals surface area (Å²) in [7, 11) is 2.00. The molecule has 2 aromatic rings. The highest BCUT2D eigenvalue weighted by atomic mass is 79.9. The maximum Gasteiger partial charge on any atom is 0.0978 e. The fourth-order valence-corrected chi connectivity index (χ4v) is 3.41. The predicted octanol–water partition coefficient (Wildman–Crippen LogP) is 4.53. The average molecular weight is 339 g/mol. The molecule has 1 aromatic carbocycles. The van der Waals surface area contributed by atoms with Gasteiger partial charge in [-0.25, -0.2) is 4.98 Å². The molecule has 0 radical (unpaired) electrons. The summed E-state index contributed by atoms with van der Waals surface area (Å²) in [6.45, 7) is 5.48. The summed E-state index contributed by atoms with van der Waals surface area (Å²) >= 11 is 5.22. The Bertz CT molecular complexity index is 519. The lowest BCUT2D eigenvalue weighted by Crippen LogP contribution is -2.21. The number of rotatable bonds is 5. The van der Waals surface area contributed by atoms with Gasteiger partial charge in [-0.2, -0.15) is 0 Å². The van der Waals surface area contributed by atoms with Crippen molar-refractivity contribution in [2.24, 2.45) is 5.92 Å². The molecule has 0 aliphatic carbocycles. The fourth-order valence-electron chi connectivity index (χ4n) is 2.04. The first-order valence-corrected chi connectivity index (χ1v) is 8.15. The molecule has 0 aliphatic heterocycles. The van der Waals surface area contributed by atoms with E-state index >= 15 is 0 Å². The van der Waals surface area contributed by atoms with E-state index in [-0.39, 0.29) is 0 Å². The second-order valence-electron chi connectivity index (χ2n) is 4.99. The van der Waals surface area contributed by atoms with Crippen LogP contribution in [0.3, 0.4) is 0 Å². The number of benzene rings is 1. The lowest BCUT2D eigenvalue weighted by Gasteiger charge is -2.17. The molecule has 0 bridgehead atoms. The Balaban J connectivity index is 2.24. The monoisotopic (exact) mass is 338 g/mol. The van der Waals surface area contributed by atoms with Crippen LogP contribution < -0.4 is 5.32 Å². The highest BCUT2D eigenvalue weighted by Gasteiger charge is 2.18. The topological polar surface area (TPSA) is 24.9 Å². The summed E-state index contributed by atoms with van der Waals surface area (Å²) in [4.78, 5) is 4.81. The third kappa shape index (κ3) is 3.65. The van der Waals surface area contributed by atoms with Crippen LogP contribution in [0.15, 0.2) is 34.1 Å². The summed E-state index contributed by atoms with van der Waals surface area (Å²) < 4.78 is 1.10. The Hall–Kier alpha value is -0.710. The van der Waals surface area contributed by atoms with Crippen molar-refractivity contribution in [1.29, 1.82) is 0 Å².